The van der Waals surface area contributed by atoms with E-state index in [4.69, 9.17) is 10.00 Å². The van der Waals surface area contributed by atoms with Crippen LogP contribution in [0.1, 0.15) is 26.5 Å². The lowest BCUT2D eigenvalue weighted by Gasteiger charge is -2.19. The second kappa shape index (κ2) is 5.64. The average molecular weight is 251 g/mol. The van der Waals surface area contributed by atoms with E-state index >= 15 is 0 Å². The smallest absolute Gasteiger partial charge is 0.316 e. The summed E-state index contributed by atoms with van der Waals surface area (Å²) < 4.78 is 5.14. The molecule has 0 saturated carbocycles. The van der Waals surface area contributed by atoms with Crippen LogP contribution in [0.4, 0.5) is 0 Å². The molecule has 1 heterocycles. The molecular weight excluding hydrogens is 238 g/mol. The van der Waals surface area contributed by atoms with Crippen LogP contribution in [-0.4, -0.2) is 27.3 Å². The van der Waals surface area contributed by atoms with E-state index in [0.717, 1.165) is 11.8 Å². The number of ether oxygens (including phenoxy) is 1. The van der Waals surface area contributed by atoms with Gasteiger partial charge in [-0.25, -0.2) is 9.97 Å². The van der Waals surface area contributed by atoms with Crippen LogP contribution < -0.4 is 0 Å². The molecule has 0 aromatic carbocycles. The van der Waals surface area contributed by atoms with Crippen molar-refractivity contribution in [3.63, 3.8) is 0 Å². The van der Waals surface area contributed by atoms with E-state index in [-0.39, 0.29) is 17.4 Å². The Hall–Kier alpha value is -1.61. The van der Waals surface area contributed by atoms with Gasteiger partial charge in [0, 0.05) is 12.4 Å². The lowest BCUT2D eigenvalue weighted by atomic mass is 10.2. The third kappa shape index (κ3) is 4.83. The molecule has 0 atom stereocenters. The normalized spacial score (nSPS) is 10.7. The summed E-state index contributed by atoms with van der Waals surface area (Å²) in [5.41, 5.74) is -0.279. The Morgan fingerprint density at radius 3 is 2.71 bits per heavy atom. The van der Waals surface area contributed by atoms with Gasteiger partial charge in [0.15, 0.2) is 5.69 Å². The van der Waals surface area contributed by atoms with Crippen LogP contribution in [-0.2, 0) is 9.53 Å². The zero-order valence-corrected chi connectivity index (χ0v) is 10.7. The Morgan fingerprint density at radius 2 is 2.12 bits per heavy atom. The van der Waals surface area contributed by atoms with Gasteiger partial charge in [-0.1, -0.05) is 11.8 Å². The van der Waals surface area contributed by atoms with Crippen LogP contribution in [0, 0.1) is 11.3 Å². The highest BCUT2D eigenvalue weighted by Crippen LogP contribution is 2.18. The van der Waals surface area contributed by atoms with Crippen molar-refractivity contribution < 1.29 is 9.53 Å². The van der Waals surface area contributed by atoms with Crippen LogP contribution in [0.15, 0.2) is 17.4 Å². The van der Waals surface area contributed by atoms with E-state index < -0.39 is 5.60 Å². The van der Waals surface area contributed by atoms with E-state index in [2.05, 4.69) is 9.97 Å². The number of esters is 1. The number of carbonyl (C=O) groups excluding carboxylic acids is 1. The standard InChI is InChI=1S/C11H13N3O2S/c1-11(2,3)16-9(15)7-17-10-8(6-12)13-4-5-14-10/h4-5H,7H2,1-3H3. The summed E-state index contributed by atoms with van der Waals surface area (Å²) in [6.07, 6.45) is 2.92. The van der Waals surface area contributed by atoms with Gasteiger partial charge < -0.3 is 4.74 Å². The van der Waals surface area contributed by atoms with Gasteiger partial charge in [-0.2, -0.15) is 5.26 Å². The second-order valence-corrected chi connectivity index (χ2v) is 5.16. The monoisotopic (exact) mass is 251 g/mol. The van der Waals surface area contributed by atoms with Crippen molar-refractivity contribution in [2.75, 3.05) is 5.75 Å². The molecule has 0 bridgehead atoms. The molecule has 0 spiro atoms. The van der Waals surface area contributed by atoms with Crippen molar-refractivity contribution in [2.45, 2.75) is 31.4 Å². The zero-order chi connectivity index (χ0) is 12.9. The molecule has 1 rings (SSSR count). The first kappa shape index (κ1) is 13.5. The van der Waals surface area contributed by atoms with E-state index in [1.54, 1.807) is 20.8 Å². The van der Waals surface area contributed by atoms with Crippen molar-refractivity contribution in [3.8, 4) is 6.07 Å². The van der Waals surface area contributed by atoms with Crippen molar-refractivity contribution in [1.82, 2.24) is 9.97 Å². The minimum atomic E-state index is -0.502. The van der Waals surface area contributed by atoms with Crippen molar-refractivity contribution in [2.24, 2.45) is 0 Å². The molecule has 5 nitrogen and oxygen atoms in total. The molecule has 1 aromatic heterocycles. The fourth-order valence-corrected chi connectivity index (χ4v) is 1.69. The summed E-state index contributed by atoms with van der Waals surface area (Å²) in [6.45, 7) is 5.41. The summed E-state index contributed by atoms with van der Waals surface area (Å²) >= 11 is 1.15. The fraction of sp³-hybridized carbons (Fsp3) is 0.455. The summed E-state index contributed by atoms with van der Waals surface area (Å²) in [5.74, 6) is -0.220. The molecule has 17 heavy (non-hydrogen) atoms. The Labute approximate surface area is 104 Å². The fourth-order valence-electron chi connectivity index (χ4n) is 1.01. The van der Waals surface area contributed by atoms with Crippen molar-refractivity contribution in [3.05, 3.63) is 18.1 Å². The van der Waals surface area contributed by atoms with Crippen LogP contribution in [0.3, 0.4) is 0 Å². The molecule has 0 N–H and O–H groups in total. The third-order valence-electron chi connectivity index (χ3n) is 1.52. The molecule has 0 aliphatic carbocycles. The van der Waals surface area contributed by atoms with Gasteiger partial charge in [-0.3, -0.25) is 4.79 Å². The van der Waals surface area contributed by atoms with Crippen molar-refractivity contribution in [1.29, 1.82) is 5.26 Å². The van der Waals surface area contributed by atoms with Crippen LogP contribution in [0.2, 0.25) is 0 Å². The van der Waals surface area contributed by atoms with Gasteiger partial charge in [0.1, 0.15) is 16.7 Å². The third-order valence-corrected chi connectivity index (χ3v) is 2.47. The molecular formula is C11H13N3O2S. The predicted octanol–water partition coefficient (Wildman–Crippen LogP) is 1.78. The highest BCUT2D eigenvalue weighted by Gasteiger charge is 2.17. The average Bonchev–Trinajstić information content (AvgIpc) is 2.24. The number of hydrogen-bond donors (Lipinski definition) is 0. The Balaban J connectivity index is 2.57. The lowest BCUT2D eigenvalue weighted by Crippen LogP contribution is -2.24. The summed E-state index contributed by atoms with van der Waals surface area (Å²) in [5, 5.41) is 9.23. The minimum absolute atomic E-state index is 0.116. The lowest BCUT2D eigenvalue weighted by molar-refractivity contribution is -0.151. The molecule has 0 aliphatic heterocycles. The molecule has 0 fully saturated rings. The number of nitriles is 1. The van der Waals surface area contributed by atoms with Crippen LogP contribution in [0.25, 0.3) is 0 Å². The Kier molecular flexibility index (Phi) is 4.46. The molecule has 90 valence electrons. The van der Waals surface area contributed by atoms with E-state index in [1.807, 2.05) is 6.07 Å². The number of aromatic nitrogens is 2. The molecule has 1 aromatic rings. The van der Waals surface area contributed by atoms with Crippen LogP contribution in [0.5, 0.6) is 0 Å². The molecule has 6 heteroatoms. The predicted molar refractivity (Wildman–Crippen MR) is 63.3 cm³/mol. The van der Waals surface area contributed by atoms with Gasteiger partial charge in [0.05, 0.1) is 5.75 Å². The first-order valence-electron chi connectivity index (χ1n) is 4.98. The number of hydrogen-bond acceptors (Lipinski definition) is 6. The molecule has 0 aliphatic rings. The summed E-state index contributed by atoms with van der Waals surface area (Å²) in [7, 11) is 0. The quantitative estimate of drug-likeness (QED) is 0.602. The van der Waals surface area contributed by atoms with Gasteiger partial charge in [-0.05, 0) is 20.8 Å². The maximum atomic E-state index is 11.5. The Bertz CT molecular complexity index is 449. The van der Waals surface area contributed by atoms with E-state index in [0.29, 0.717) is 5.03 Å². The zero-order valence-electron chi connectivity index (χ0n) is 9.93. The Morgan fingerprint density at radius 1 is 1.47 bits per heavy atom. The topological polar surface area (TPSA) is 75.9 Å². The SMILES string of the molecule is CC(C)(C)OC(=O)CSc1nccnc1C#N. The highest BCUT2D eigenvalue weighted by atomic mass is 32.2. The number of rotatable bonds is 3. The maximum Gasteiger partial charge on any atom is 0.316 e. The van der Waals surface area contributed by atoms with E-state index in [1.165, 1.54) is 12.4 Å². The molecule has 0 unspecified atom stereocenters. The molecule has 0 radical (unpaired) electrons. The first-order chi connectivity index (χ1) is 7.92. The molecule has 0 saturated heterocycles. The summed E-state index contributed by atoms with van der Waals surface area (Å²) in [6, 6.07) is 1.92. The maximum absolute atomic E-state index is 11.5. The number of nitrogens with zero attached hydrogens (tertiary/aromatic N) is 3. The number of thioether (sulfide) groups is 1. The van der Waals surface area contributed by atoms with Gasteiger partial charge in [0.2, 0.25) is 0 Å². The van der Waals surface area contributed by atoms with Crippen LogP contribution >= 0.6 is 11.8 Å². The van der Waals surface area contributed by atoms with Crippen molar-refractivity contribution >= 4 is 17.7 Å². The minimum Gasteiger partial charge on any atom is -0.459 e. The van der Waals surface area contributed by atoms with Gasteiger partial charge >= 0.3 is 5.97 Å². The second-order valence-electron chi connectivity index (χ2n) is 4.20. The summed E-state index contributed by atoms with van der Waals surface area (Å²) in [4.78, 5) is 19.3. The highest BCUT2D eigenvalue weighted by molar-refractivity contribution is 7.99. The number of carbonyl (C=O) groups is 1. The van der Waals surface area contributed by atoms with Gasteiger partial charge in [-0.15, -0.1) is 0 Å². The van der Waals surface area contributed by atoms with Gasteiger partial charge in [0.25, 0.3) is 0 Å². The molecule has 0 amide bonds. The van der Waals surface area contributed by atoms with E-state index in [9.17, 15) is 4.79 Å². The largest absolute Gasteiger partial charge is 0.459 e. The first-order valence-corrected chi connectivity index (χ1v) is 5.96.